The number of sulfonamides is 1. The van der Waals surface area contributed by atoms with Crippen molar-refractivity contribution in [3.8, 4) is 11.1 Å². The zero-order chi connectivity index (χ0) is 26.2. The van der Waals surface area contributed by atoms with Crippen molar-refractivity contribution in [2.24, 2.45) is 0 Å². The maximum absolute atomic E-state index is 13.3. The predicted molar refractivity (Wildman–Crippen MR) is 145 cm³/mol. The molecule has 0 bridgehead atoms. The van der Waals surface area contributed by atoms with Gasteiger partial charge in [-0.2, -0.15) is 4.31 Å². The molecule has 3 aliphatic rings. The van der Waals surface area contributed by atoms with Gasteiger partial charge in [0.05, 0.1) is 27.6 Å². The highest BCUT2D eigenvalue weighted by Crippen LogP contribution is 2.37. The van der Waals surface area contributed by atoms with E-state index in [0.29, 0.717) is 43.5 Å². The Hall–Kier alpha value is -2.52. The number of ether oxygens (including phenoxy) is 1. The van der Waals surface area contributed by atoms with E-state index in [9.17, 15) is 13.2 Å². The van der Waals surface area contributed by atoms with Crippen LogP contribution in [0.1, 0.15) is 39.5 Å². The third kappa shape index (κ3) is 5.25. The van der Waals surface area contributed by atoms with E-state index in [4.69, 9.17) is 16.3 Å². The van der Waals surface area contributed by atoms with Crippen molar-refractivity contribution in [1.29, 1.82) is 0 Å². The van der Waals surface area contributed by atoms with Crippen molar-refractivity contribution in [1.82, 2.24) is 14.2 Å². The second-order valence-electron chi connectivity index (χ2n) is 9.71. The first-order chi connectivity index (χ1) is 17.8. The summed E-state index contributed by atoms with van der Waals surface area (Å²) in [7, 11) is -3.61. The SMILES string of the molecule is CC.O=C1COC2(CCN(S(=O)(=O)c3ccc(-c4ccc5cc(Cl)cnc5c4)cc3)CC2)CN1C1CC1. The van der Waals surface area contributed by atoms with Gasteiger partial charge in [-0.25, -0.2) is 8.42 Å². The fourth-order valence-corrected chi connectivity index (χ4v) is 6.75. The van der Waals surface area contributed by atoms with Crippen LogP contribution in [-0.4, -0.2) is 66.4 Å². The molecule has 3 aromatic rings. The molecule has 9 heteroatoms. The maximum atomic E-state index is 13.3. The van der Waals surface area contributed by atoms with Crippen LogP contribution in [0, 0.1) is 0 Å². The minimum absolute atomic E-state index is 0.0549. The largest absolute Gasteiger partial charge is 0.363 e. The number of aromatic nitrogens is 1. The zero-order valence-corrected chi connectivity index (χ0v) is 22.8. The summed E-state index contributed by atoms with van der Waals surface area (Å²) in [5.74, 6) is 0.0549. The molecule has 6 rings (SSSR count). The fourth-order valence-electron chi connectivity index (χ4n) is 5.14. The Bertz CT molecular complexity index is 1400. The molecule has 0 N–H and O–H groups in total. The molecule has 0 atom stereocenters. The van der Waals surface area contributed by atoms with Gasteiger partial charge in [0.15, 0.2) is 0 Å². The normalized spacial score (nSPS) is 20.1. The number of pyridine rings is 1. The number of rotatable bonds is 4. The van der Waals surface area contributed by atoms with Crippen LogP contribution >= 0.6 is 11.6 Å². The summed E-state index contributed by atoms with van der Waals surface area (Å²) in [4.78, 5) is 18.8. The molecule has 3 fully saturated rings. The van der Waals surface area contributed by atoms with Gasteiger partial charge in [0, 0.05) is 30.7 Å². The van der Waals surface area contributed by atoms with E-state index in [1.165, 1.54) is 4.31 Å². The first-order valence-corrected chi connectivity index (χ1v) is 14.7. The molecule has 1 amide bonds. The van der Waals surface area contributed by atoms with Crippen molar-refractivity contribution < 1.29 is 17.9 Å². The molecule has 1 saturated carbocycles. The minimum Gasteiger partial charge on any atom is -0.363 e. The summed E-state index contributed by atoms with van der Waals surface area (Å²) < 4.78 is 34.2. The third-order valence-electron chi connectivity index (χ3n) is 7.38. The average molecular weight is 542 g/mol. The Morgan fingerprint density at radius 2 is 1.68 bits per heavy atom. The van der Waals surface area contributed by atoms with E-state index in [1.807, 2.05) is 55.1 Å². The zero-order valence-electron chi connectivity index (χ0n) is 21.2. The van der Waals surface area contributed by atoms with Crippen molar-refractivity contribution in [3.63, 3.8) is 0 Å². The summed E-state index contributed by atoms with van der Waals surface area (Å²) >= 11 is 6.02. The number of morpholine rings is 1. The van der Waals surface area contributed by atoms with E-state index >= 15 is 0 Å². The Morgan fingerprint density at radius 1 is 1.00 bits per heavy atom. The number of amides is 1. The van der Waals surface area contributed by atoms with E-state index < -0.39 is 15.6 Å². The molecule has 1 aromatic heterocycles. The van der Waals surface area contributed by atoms with Gasteiger partial charge in [-0.05, 0) is 61.1 Å². The van der Waals surface area contributed by atoms with Gasteiger partial charge in [0.1, 0.15) is 6.61 Å². The van der Waals surface area contributed by atoms with E-state index in [-0.39, 0.29) is 17.4 Å². The van der Waals surface area contributed by atoms with Crippen LogP contribution in [0.2, 0.25) is 5.02 Å². The number of hydrogen-bond donors (Lipinski definition) is 0. The molecular weight excluding hydrogens is 510 g/mol. The number of benzene rings is 2. The van der Waals surface area contributed by atoms with Crippen LogP contribution in [0.3, 0.4) is 0 Å². The Balaban J connectivity index is 0.00000137. The quantitative estimate of drug-likeness (QED) is 0.457. The third-order valence-corrected chi connectivity index (χ3v) is 9.50. The van der Waals surface area contributed by atoms with Crippen molar-refractivity contribution in [3.05, 3.63) is 59.8 Å². The molecule has 2 aliphatic heterocycles. The second kappa shape index (κ2) is 10.3. The molecule has 196 valence electrons. The lowest BCUT2D eigenvalue weighted by Crippen LogP contribution is -2.59. The molecule has 0 unspecified atom stereocenters. The van der Waals surface area contributed by atoms with E-state index in [0.717, 1.165) is 34.9 Å². The van der Waals surface area contributed by atoms with Gasteiger partial charge in [0.2, 0.25) is 15.9 Å². The topological polar surface area (TPSA) is 79.8 Å². The smallest absolute Gasteiger partial charge is 0.248 e. The number of carbonyl (C=O) groups is 1. The van der Waals surface area contributed by atoms with Crippen LogP contribution in [-0.2, 0) is 19.6 Å². The van der Waals surface area contributed by atoms with Gasteiger partial charge in [-0.3, -0.25) is 9.78 Å². The van der Waals surface area contributed by atoms with Crippen LogP contribution in [0.15, 0.2) is 59.6 Å². The monoisotopic (exact) mass is 541 g/mol. The van der Waals surface area contributed by atoms with E-state index in [2.05, 4.69) is 4.98 Å². The lowest BCUT2D eigenvalue weighted by atomic mass is 9.90. The second-order valence-corrected chi connectivity index (χ2v) is 12.1. The van der Waals surface area contributed by atoms with Crippen LogP contribution in [0.4, 0.5) is 0 Å². The summed E-state index contributed by atoms with van der Waals surface area (Å²) in [5.41, 5.74) is 2.28. The number of halogens is 1. The molecule has 7 nitrogen and oxygen atoms in total. The lowest BCUT2D eigenvalue weighted by Gasteiger charge is -2.46. The van der Waals surface area contributed by atoms with Crippen molar-refractivity contribution >= 4 is 38.4 Å². The summed E-state index contributed by atoms with van der Waals surface area (Å²) in [5, 5.41) is 1.54. The van der Waals surface area contributed by atoms with Gasteiger partial charge < -0.3 is 9.64 Å². The summed E-state index contributed by atoms with van der Waals surface area (Å²) in [6.45, 7) is 5.44. The van der Waals surface area contributed by atoms with Gasteiger partial charge in [0.25, 0.3) is 0 Å². The maximum Gasteiger partial charge on any atom is 0.248 e. The van der Waals surface area contributed by atoms with Gasteiger partial charge in [-0.1, -0.05) is 49.7 Å². The Morgan fingerprint density at radius 3 is 2.35 bits per heavy atom. The number of fused-ring (bicyclic) bond motifs is 1. The molecule has 1 spiro atoms. The minimum atomic E-state index is -3.61. The van der Waals surface area contributed by atoms with Crippen LogP contribution < -0.4 is 0 Å². The number of piperidine rings is 1. The van der Waals surface area contributed by atoms with E-state index in [1.54, 1.807) is 18.3 Å². The number of carbonyl (C=O) groups excluding carboxylic acids is 1. The highest BCUT2D eigenvalue weighted by Gasteiger charge is 2.47. The first-order valence-electron chi connectivity index (χ1n) is 12.9. The lowest BCUT2D eigenvalue weighted by molar-refractivity contribution is -0.170. The van der Waals surface area contributed by atoms with Gasteiger partial charge in [-0.15, -0.1) is 0 Å². The highest BCUT2D eigenvalue weighted by atomic mass is 35.5. The van der Waals surface area contributed by atoms with Crippen LogP contribution in [0.25, 0.3) is 22.0 Å². The molecule has 1 aliphatic carbocycles. The first kappa shape index (κ1) is 26.1. The Labute approximate surface area is 223 Å². The van der Waals surface area contributed by atoms with Crippen molar-refractivity contribution in [2.45, 2.75) is 56.1 Å². The van der Waals surface area contributed by atoms with Crippen LogP contribution in [0.5, 0.6) is 0 Å². The summed E-state index contributed by atoms with van der Waals surface area (Å²) in [6, 6.07) is 15.1. The average Bonchev–Trinajstić information content (AvgIpc) is 3.77. The van der Waals surface area contributed by atoms with Crippen molar-refractivity contribution in [2.75, 3.05) is 26.2 Å². The molecule has 0 radical (unpaired) electrons. The molecular formula is C28H32ClN3O4S. The van der Waals surface area contributed by atoms with Gasteiger partial charge >= 0.3 is 0 Å². The number of nitrogens with zero attached hydrogens (tertiary/aromatic N) is 3. The highest BCUT2D eigenvalue weighted by molar-refractivity contribution is 7.89. The Kier molecular flexibility index (Phi) is 7.29. The predicted octanol–water partition coefficient (Wildman–Crippen LogP) is 5.13. The molecule has 2 saturated heterocycles. The number of hydrogen-bond acceptors (Lipinski definition) is 5. The molecule has 2 aromatic carbocycles. The fraction of sp³-hybridized carbons (Fsp3) is 0.429. The standard InChI is InChI=1S/C26H26ClN3O4S.C2H6/c27-21-13-20-2-1-19(14-24(20)28-15-21)18-3-7-23(8-4-18)35(32,33)29-11-9-26(10-12-29)17-30(22-5-6-22)25(31)16-34-26;1-2/h1-4,7-8,13-15,22H,5-6,9-12,16-17H2;1-2H3. The summed E-state index contributed by atoms with van der Waals surface area (Å²) in [6.07, 6.45) is 4.92. The molecule has 37 heavy (non-hydrogen) atoms. The molecule has 3 heterocycles.